The van der Waals surface area contributed by atoms with Crippen molar-refractivity contribution in [2.75, 3.05) is 24.0 Å². The lowest BCUT2D eigenvalue weighted by atomic mass is 10.0. The topological polar surface area (TPSA) is 182 Å². The number of azo groups is 1. The first-order valence-electron chi connectivity index (χ1n) is 23.1. The maximum absolute atomic E-state index is 13.8. The third-order valence-electron chi connectivity index (χ3n) is 11.2. The Kier molecular flexibility index (Phi) is 22.9. The third-order valence-corrected chi connectivity index (χ3v) is 12.0. The fourth-order valence-corrected chi connectivity index (χ4v) is 8.52. The van der Waals surface area contributed by atoms with Crippen LogP contribution < -0.4 is 20.4 Å². The molecule has 4 amide bonds. The number of rotatable bonds is 28. The van der Waals surface area contributed by atoms with E-state index >= 15 is 0 Å². The van der Waals surface area contributed by atoms with Gasteiger partial charge in [0.2, 0.25) is 17.9 Å². The van der Waals surface area contributed by atoms with Gasteiger partial charge in [0.05, 0.1) is 29.3 Å². The zero-order valence-corrected chi connectivity index (χ0v) is 40.8. The number of halogens is 3. The molecule has 2 unspecified atom stereocenters. The first kappa shape index (κ1) is 53.6. The molecule has 66 heavy (non-hydrogen) atoms. The zero-order valence-electron chi connectivity index (χ0n) is 38.5. The predicted octanol–water partition coefficient (Wildman–Crippen LogP) is 12.4. The van der Waals surface area contributed by atoms with E-state index in [1.54, 1.807) is 38.1 Å². The lowest BCUT2D eigenvalue weighted by Gasteiger charge is -2.30. The molecule has 0 saturated carbocycles. The van der Waals surface area contributed by atoms with Crippen LogP contribution in [0.2, 0.25) is 15.1 Å². The first-order chi connectivity index (χ1) is 31.7. The summed E-state index contributed by atoms with van der Waals surface area (Å²) in [7, 11) is 1.52. The van der Waals surface area contributed by atoms with Crippen LogP contribution in [0.5, 0.6) is 5.75 Å². The predicted molar refractivity (Wildman–Crippen MR) is 262 cm³/mol. The van der Waals surface area contributed by atoms with Crippen molar-refractivity contribution in [3.8, 4) is 5.75 Å². The van der Waals surface area contributed by atoms with Gasteiger partial charge in [0.25, 0.3) is 11.8 Å². The monoisotopic (exact) mass is 967 g/mol. The van der Waals surface area contributed by atoms with Crippen LogP contribution in [0.3, 0.4) is 0 Å². The van der Waals surface area contributed by atoms with Crippen LogP contribution >= 0.6 is 34.8 Å². The van der Waals surface area contributed by atoms with Crippen LogP contribution in [0.15, 0.2) is 76.0 Å². The Morgan fingerprint density at radius 3 is 1.89 bits per heavy atom. The fourth-order valence-electron chi connectivity index (χ4n) is 7.54. The average molecular weight is 969 g/mol. The van der Waals surface area contributed by atoms with Gasteiger partial charge in [0, 0.05) is 28.7 Å². The number of benzene rings is 3. The molecule has 0 spiro atoms. The third kappa shape index (κ3) is 17.0. The summed E-state index contributed by atoms with van der Waals surface area (Å²) >= 11 is 19.0. The van der Waals surface area contributed by atoms with Crippen molar-refractivity contribution >= 4 is 87.3 Å². The van der Waals surface area contributed by atoms with E-state index in [9.17, 15) is 29.1 Å². The van der Waals surface area contributed by atoms with Crippen molar-refractivity contribution in [3.63, 3.8) is 0 Å². The molecule has 14 nitrogen and oxygen atoms in total. The number of hydrogen-bond acceptors (Lipinski definition) is 9. The summed E-state index contributed by atoms with van der Waals surface area (Å²) in [6.45, 7) is 5.87. The highest BCUT2D eigenvalue weighted by molar-refractivity contribution is 6.43. The van der Waals surface area contributed by atoms with Gasteiger partial charge < -0.3 is 25.4 Å². The molecule has 0 saturated heterocycles. The normalized spacial score (nSPS) is 14.1. The number of hydrazone groups is 1. The molecule has 358 valence electrons. The number of methoxy groups -OCH3 is 1. The van der Waals surface area contributed by atoms with Gasteiger partial charge in [-0.15, -0.1) is 5.10 Å². The minimum absolute atomic E-state index is 0.0182. The Labute approximate surface area is 403 Å². The van der Waals surface area contributed by atoms with Gasteiger partial charge in [-0.2, -0.15) is 15.2 Å². The lowest BCUT2D eigenvalue weighted by molar-refractivity contribution is -0.153. The van der Waals surface area contributed by atoms with Gasteiger partial charge in [-0.05, 0) is 61.0 Å². The zero-order chi connectivity index (χ0) is 48.0. The Morgan fingerprint density at radius 1 is 0.803 bits per heavy atom. The van der Waals surface area contributed by atoms with E-state index in [1.807, 2.05) is 0 Å². The fraction of sp³-hybridized carbons (Fsp3) is 0.510. The Hall–Kier alpha value is -5.05. The summed E-state index contributed by atoms with van der Waals surface area (Å²) in [5.41, 5.74) is 0.660. The van der Waals surface area contributed by atoms with Crippen LogP contribution in [0.4, 0.5) is 17.1 Å². The molecule has 1 aliphatic heterocycles. The van der Waals surface area contributed by atoms with E-state index in [1.165, 1.54) is 119 Å². The van der Waals surface area contributed by atoms with Crippen LogP contribution in [0.25, 0.3) is 0 Å². The summed E-state index contributed by atoms with van der Waals surface area (Å²) in [6.07, 6.45) is 18.6. The highest BCUT2D eigenvalue weighted by Crippen LogP contribution is 2.39. The molecule has 0 radical (unpaired) electrons. The first-order valence-corrected chi connectivity index (χ1v) is 24.2. The Bertz CT molecular complexity index is 2130. The molecule has 1 aliphatic rings. The van der Waals surface area contributed by atoms with E-state index in [4.69, 9.17) is 39.5 Å². The van der Waals surface area contributed by atoms with Gasteiger partial charge in [0.15, 0.2) is 5.84 Å². The number of carbonyl (C=O) groups is 5. The second-order valence-electron chi connectivity index (χ2n) is 16.8. The summed E-state index contributed by atoms with van der Waals surface area (Å²) in [5, 5.41) is 29.5. The second-order valence-corrected chi connectivity index (χ2v) is 18.1. The summed E-state index contributed by atoms with van der Waals surface area (Å²) in [6, 6.07) is 12.4. The van der Waals surface area contributed by atoms with Gasteiger partial charge in [-0.3, -0.25) is 19.2 Å². The van der Waals surface area contributed by atoms with Crippen molar-refractivity contribution in [2.45, 2.75) is 142 Å². The molecular formula is C49H64Cl3N7O7. The van der Waals surface area contributed by atoms with E-state index in [0.717, 1.165) is 30.7 Å². The van der Waals surface area contributed by atoms with E-state index in [0.29, 0.717) is 17.9 Å². The molecule has 3 aromatic carbocycles. The van der Waals surface area contributed by atoms with Crippen molar-refractivity contribution in [2.24, 2.45) is 21.2 Å². The van der Waals surface area contributed by atoms with Gasteiger partial charge >= 0.3 is 5.97 Å². The molecular weight excluding hydrogens is 905 g/mol. The number of nitrogens with one attached hydrogen (secondary N) is 2. The van der Waals surface area contributed by atoms with E-state index in [2.05, 4.69) is 32.9 Å². The number of carboxylic acid groups (broad SMARTS) is 1. The molecule has 0 aliphatic carbocycles. The SMILES string of the molecule is CCCCCCCCCCCCCCCCCCN(C(=O)C(C)C)C(CC(=O)Nc1cccc(C(=O)NC2=NN(c3c(Cl)cc(Cl)cc3Cl)C(=O)C2N=Nc2ccc(OC)cc2)c1)C(=O)O. The number of unbranched alkanes of at least 4 members (excludes halogenated alkanes) is 15. The van der Waals surface area contributed by atoms with Gasteiger partial charge in [-0.1, -0.05) is 158 Å². The van der Waals surface area contributed by atoms with E-state index < -0.39 is 48.1 Å². The quantitative estimate of drug-likeness (QED) is 0.0478. The number of amidine groups is 1. The highest BCUT2D eigenvalue weighted by atomic mass is 35.5. The number of carbonyl (C=O) groups excluding carboxylic acids is 4. The Balaban J connectivity index is 1.35. The van der Waals surface area contributed by atoms with Crippen LogP contribution in [-0.4, -0.2) is 71.2 Å². The summed E-state index contributed by atoms with van der Waals surface area (Å²) in [5.74, 6) is -3.80. The highest BCUT2D eigenvalue weighted by Gasteiger charge is 2.40. The molecule has 3 aromatic rings. The number of amides is 4. The average Bonchev–Trinajstić information content (AvgIpc) is 3.58. The molecule has 2 atom stereocenters. The molecule has 0 aromatic heterocycles. The Morgan fingerprint density at radius 2 is 1.36 bits per heavy atom. The van der Waals surface area contributed by atoms with Gasteiger partial charge in [-0.25, -0.2) is 4.79 Å². The molecule has 4 rings (SSSR count). The van der Waals surface area contributed by atoms with E-state index in [-0.39, 0.29) is 50.3 Å². The summed E-state index contributed by atoms with van der Waals surface area (Å²) in [4.78, 5) is 68.2. The standard InChI is InChI=1S/C49H64Cl3N7O7/c1-5-6-7-8-9-10-11-12-13-14-15-16-17-18-19-20-28-58(47(62)33(2)3)41(49(64)65)32-42(60)53-37-23-21-22-34(29-37)46(61)54-45-43(56-55-36-24-26-38(66-4)27-25-36)48(63)59(57-45)44-39(51)30-35(50)31-40(44)52/h21-27,29-31,33,41,43H,5-20,28,32H2,1-4H3,(H,53,60)(H,64,65)(H,54,57,61). The number of hydrogen-bond donors (Lipinski definition) is 3. The molecule has 1 heterocycles. The minimum atomic E-state index is -1.43. The number of ether oxygens (including phenoxy) is 1. The number of anilines is 2. The van der Waals surface area contributed by atoms with Crippen molar-refractivity contribution in [1.82, 2.24) is 10.2 Å². The van der Waals surface area contributed by atoms with Crippen molar-refractivity contribution in [1.29, 1.82) is 0 Å². The van der Waals surface area contributed by atoms with Crippen LogP contribution in [0, 0.1) is 5.92 Å². The number of aliphatic carboxylic acids is 1. The second kappa shape index (κ2) is 28.2. The molecule has 0 bridgehead atoms. The number of carboxylic acids is 1. The van der Waals surface area contributed by atoms with Crippen LogP contribution in [0.1, 0.15) is 140 Å². The molecule has 0 fully saturated rings. The number of nitrogens with zero attached hydrogens (tertiary/aromatic N) is 5. The lowest BCUT2D eigenvalue weighted by Crippen LogP contribution is -2.48. The molecule has 3 N–H and O–H groups in total. The maximum atomic E-state index is 13.8. The van der Waals surface area contributed by atoms with Crippen LogP contribution in [-0.2, 0) is 19.2 Å². The minimum Gasteiger partial charge on any atom is -0.497 e. The maximum Gasteiger partial charge on any atom is 0.326 e. The largest absolute Gasteiger partial charge is 0.497 e. The van der Waals surface area contributed by atoms with Crippen molar-refractivity contribution < 1.29 is 33.8 Å². The smallest absolute Gasteiger partial charge is 0.326 e. The van der Waals surface area contributed by atoms with Crippen molar-refractivity contribution in [3.05, 3.63) is 81.3 Å². The van der Waals surface area contributed by atoms with Gasteiger partial charge in [0.1, 0.15) is 17.5 Å². The summed E-state index contributed by atoms with van der Waals surface area (Å²) < 4.78 is 5.19. The molecule has 17 heteroatoms.